The van der Waals surface area contributed by atoms with E-state index in [0.29, 0.717) is 10.8 Å². The highest BCUT2D eigenvalue weighted by Crippen LogP contribution is 2.43. The standard InChI is InChI=1S/C25H21N5O3S/c1-33-20-10-5-8-18(16-20)29-24(23(27-25(29)34)21-11-2-3-13-26-21)22-12-6-14-28(22)17-7-4-9-19(15-17)30(31)32/h2-16,23-24H,1H3,(H,27,34)/t23-,24-/m0/s1. The first-order chi connectivity index (χ1) is 16.6. The number of hydrogen-bond donors (Lipinski definition) is 1. The summed E-state index contributed by atoms with van der Waals surface area (Å²) in [6, 6.07) is 23.5. The molecule has 1 N–H and O–H groups in total. The zero-order valence-electron chi connectivity index (χ0n) is 18.2. The number of thiocarbonyl (C=S) groups is 1. The van der Waals surface area contributed by atoms with Gasteiger partial charge in [0.2, 0.25) is 0 Å². The topological polar surface area (TPSA) is 85.5 Å². The van der Waals surface area contributed by atoms with Crippen LogP contribution in [-0.2, 0) is 0 Å². The van der Waals surface area contributed by atoms with Gasteiger partial charge < -0.3 is 19.5 Å². The average molecular weight is 472 g/mol. The number of non-ortho nitro benzene ring substituents is 1. The molecule has 2 atom stereocenters. The highest BCUT2D eigenvalue weighted by atomic mass is 32.1. The van der Waals surface area contributed by atoms with Crippen molar-refractivity contribution in [1.29, 1.82) is 0 Å². The van der Waals surface area contributed by atoms with Gasteiger partial charge in [0.25, 0.3) is 5.69 Å². The van der Waals surface area contributed by atoms with E-state index in [1.165, 1.54) is 6.07 Å². The second-order valence-electron chi connectivity index (χ2n) is 7.78. The van der Waals surface area contributed by atoms with Crippen LogP contribution in [0.2, 0.25) is 0 Å². The van der Waals surface area contributed by atoms with Gasteiger partial charge in [-0.15, -0.1) is 0 Å². The molecule has 0 bridgehead atoms. The zero-order chi connectivity index (χ0) is 23.7. The molecule has 0 aliphatic carbocycles. The number of methoxy groups -OCH3 is 1. The van der Waals surface area contributed by atoms with Crippen LogP contribution in [0.4, 0.5) is 11.4 Å². The van der Waals surface area contributed by atoms with Crippen LogP contribution >= 0.6 is 12.2 Å². The number of nitro groups is 1. The Bertz CT molecular complexity index is 1360. The summed E-state index contributed by atoms with van der Waals surface area (Å²) in [5.41, 5.74) is 3.34. The second-order valence-corrected chi connectivity index (χ2v) is 8.16. The van der Waals surface area contributed by atoms with Crippen molar-refractivity contribution in [1.82, 2.24) is 14.9 Å². The minimum atomic E-state index is -0.391. The van der Waals surface area contributed by atoms with E-state index < -0.39 is 4.92 Å². The zero-order valence-corrected chi connectivity index (χ0v) is 19.1. The maximum Gasteiger partial charge on any atom is 0.271 e. The van der Waals surface area contributed by atoms with Crippen molar-refractivity contribution in [2.45, 2.75) is 12.1 Å². The molecule has 1 saturated heterocycles. The first-order valence-corrected chi connectivity index (χ1v) is 11.0. The fourth-order valence-corrected chi connectivity index (χ4v) is 4.67. The second kappa shape index (κ2) is 8.95. The van der Waals surface area contributed by atoms with E-state index in [9.17, 15) is 10.1 Å². The molecule has 0 spiro atoms. The van der Waals surface area contributed by atoms with Gasteiger partial charge in [0.15, 0.2) is 5.11 Å². The number of anilines is 1. The minimum absolute atomic E-state index is 0.0307. The molecule has 1 aliphatic heterocycles. The molecule has 34 heavy (non-hydrogen) atoms. The molecule has 1 aliphatic rings. The number of nitro benzene ring substituents is 1. The molecule has 170 valence electrons. The van der Waals surface area contributed by atoms with Gasteiger partial charge in [-0.05, 0) is 54.7 Å². The molecule has 0 radical (unpaired) electrons. The lowest BCUT2D eigenvalue weighted by atomic mass is 10.0. The van der Waals surface area contributed by atoms with Gasteiger partial charge in [-0.1, -0.05) is 18.2 Å². The molecule has 0 amide bonds. The molecule has 9 heteroatoms. The fraction of sp³-hybridized carbons (Fsp3) is 0.120. The van der Waals surface area contributed by atoms with E-state index in [1.807, 2.05) is 76.3 Å². The van der Waals surface area contributed by atoms with E-state index in [-0.39, 0.29) is 17.8 Å². The third-order valence-corrected chi connectivity index (χ3v) is 6.15. The monoisotopic (exact) mass is 471 g/mol. The van der Waals surface area contributed by atoms with E-state index in [4.69, 9.17) is 17.0 Å². The van der Waals surface area contributed by atoms with Gasteiger partial charge in [-0.2, -0.15) is 0 Å². The van der Waals surface area contributed by atoms with E-state index in [0.717, 1.165) is 22.8 Å². The smallest absolute Gasteiger partial charge is 0.271 e. The summed E-state index contributed by atoms with van der Waals surface area (Å²) in [5, 5.41) is 15.4. The van der Waals surface area contributed by atoms with Crippen molar-refractivity contribution >= 4 is 28.7 Å². The van der Waals surface area contributed by atoms with E-state index in [2.05, 4.69) is 10.3 Å². The molecule has 0 unspecified atom stereocenters. The van der Waals surface area contributed by atoms with Crippen molar-refractivity contribution in [3.05, 3.63) is 113 Å². The maximum absolute atomic E-state index is 11.4. The fourth-order valence-electron chi connectivity index (χ4n) is 4.32. The Balaban J connectivity index is 1.67. The summed E-state index contributed by atoms with van der Waals surface area (Å²) in [6.07, 6.45) is 3.65. The summed E-state index contributed by atoms with van der Waals surface area (Å²) in [5.74, 6) is 0.717. The summed E-state index contributed by atoms with van der Waals surface area (Å²) in [6.45, 7) is 0. The third kappa shape index (κ3) is 3.86. The summed E-state index contributed by atoms with van der Waals surface area (Å²) in [4.78, 5) is 17.6. The van der Waals surface area contributed by atoms with Gasteiger partial charge in [0, 0.05) is 42.0 Å². The van der Waals surface area contributed by atoms with Crippen molar-refractivity contribution in [2.24, 2.45) is 0 Å². The van der Waals surface area contributed by atoms with Gasteiger partial charge in [0.05, 0.1) is 29.5 Å². The Labute approximate surface area is 201 Å². The Morgan fingerprint density at radius 2 is 1.85 bits per heavy atom. The van der Waals surface area contributed by atoms with Crippen molar-refractivity contribution in [3.63, 3.8) is 0 Å². The Morgan fingerprint density at radius 1 is 1.03 bits per heavy atom. The largest absolute Gasteiger partial charge is 0.497 e. The van der Waals surface area contributed by atoms with Gasteiger partial charge in [-0.25, -0.2) is 0 Å². The first kappa shape index (κ1) is 21.6. The molecule has 1 fully saturated rings. The van der Waals surface area contributed by atoms with Crippen LogP contribution in [0.25, 0.3) is 5.69 Å². The van der Waals surface area contributed by atoms with E-state index in [1.54, 1.807) is 25.4 Å². The van der Waals surface area contributed by atoms with Gasteiger partial charge in [0.1, 0.15) is 11.8 Å². The van der Waals surface area contributed by atoms with E-state index >= 15 is 0 Å². The molecule has 8 nitrogen and oxygen atoms in total. The predicted molar refractivity (Wildman–Crippen MR) is 133 cm³/mol. The quantitative estimate of drug-likeness (QED) is 0.241. The number of aromatic nitrogens is 2. The van der Waals surface area contributed by atoms with Crippen LogP contribution < -0.4 is 15.0 Å². The number of nitrogens with zero attached hydrogens (tertiary/aromatic N) is 4. The molecule has 2 aromatic carbocycles. The summed E-state index contributed by atoms with van der Waals surface area (Å²) in [7, 11) is 1.63. The molecule has 0 saturated carbocycles. The van der Waals surface area contributed by atoms with Crippen molar-refractivity contribution in [3.8, 4) is 11.4 Å². The number of nitrogens with one attached hydrogen (secondary N) is 1. The molecule has 4 aromatic rings. The summed E-state index contributed by atoms with van der Waals surface area (Å²) < 4.78 is 7.40. The number of rotatable bonds is 6. The lowest BCUT2D eigenvalue weighted by Crippen LogP contribution is -2.30. The third-order valence-electron chi connectivity index (χ3n) is 5.83. The van der Waals surface area contributed by atoms with Crippen molar-refractivity contribution in [2.75, 3.05) is 12.0 Å². The minimum Gasteiger partial charge on any atom is -0.497 e. The Hall–Kier alpha value is -4.24. The molecule has 2 aromatic heterocycles. The lowest BCUT2D eigenvalue weighted by Gasteiger charge is -2.29. The predicted octanol–water partition coefficient (Wildman–Crippen LogP) is 4.97. The number of hydrogen-bond acceptors (Lipinski definition) is 5. The lowest BCUT2D eigenvalue weighted by molar-refractivity contribution is -0.384. The van der Waals surface area contributed by atoms with Crippen molar-refractivity contribution < 1.29 is 9.66 Å². The Kier molecular flexibility index (Phi) is 5.69. The normalized spacial score (nSPS) is 17.4. The van der Waals surface area contributed by atoms with Crippen LogP contribution in [0, 0.1) is 10.1 Å². The van der Waals surface area contributed by atoms with Gasteiger partial charge >= 0.3 is 0 Å². The SMILES string of the molecule is COc1cccc(N2C(=S)N[C@@H](c3ccccn3)[C@@H]2c2cccn2-c2cccc([N+](=O)[O-])c2)c1. The number of ether oxygens (including phenoxy) is 1. The van der Waals surface area contributed by atoms with Crippen LogP contribution in [0.5, 0.6) is 5.75 Å². The highest BCUT2D eigenvalue weighted by molar-refractivity contribution is 7.80. The maximum atomic E-state index is 11.4. The van der Waals surface area contributed by atoms with Crippen LogP contribution in [-0.4, -0.2) is 26.7 Å². The molecular formula is C25H21N5O3S. The van der Waals surface area contributed by atoms with Crippen LogP contribution in [0.15, 0.2) is 91.3 Å². The molecule has 3 heterocycles. The first-order valence-electron chi connectivity index (χ1n) is 10.6. The van der Waals surface area contributed by atoms with Crippen LogP contribution in [0.1, 0.15) is 23.5 Å². The average Bonchev–Trinajstić information content (AvgIpc) is 3.49. The Morgan fingerprint density at radius 3 is 2.62 bits per heavy atom. The number of benzene rings is 2. The molecular weight excluding hydrogens is 450 g/mol. The summed E-state index contributed by atoms with van der Waals surface area (Å²) >= 11 is 5.79. The highest BCUT2D eigenvalue weighted by Gasteiger charge is 2.42. The molecule has 5 rings (SSSR count). The van der Waals surface area contributed by atoms with Gasteiger partial charge in [-0.3, -0.25) is 15.1 Å². The number of pyridine rings is 1. The van der Waals surface area contributed by atoms with Crippen LogP contribution in [0.3, 0.4) is 0 Å².